The second-order valence-electron chi connectivity index (χ2n) is 30.5. The van der Waals surface area contributed by atoms with E-state index in [1.165, 1.54) is 64.2 Å². The fraction of sp³-hybridized carbons (Fsp3) is 0.419. The maximum absolute atomic E-state index is 13.4. The van der Waals surface area contributed by atoms with Gasteiger partial charge in [-0.25, -0.2) is 19.9 Å². The van der Waals surface area contributed by atoms with E-state index in [0.29, 0.717) is 22.8 Å². The van der Waals surface area contributed by atoms with Gasteiger partial charge < -0.3 is 40.6 Å². The molecule has 0 aliphatic heterocycles. The number of carbonyl (C=O) groups excluding carboxylic acids is 5. The van der Waals surface area contributed by atoms with Crippen LogP contribution in [0.2, 0.25) is 0 Å². The highest BCUT2D eigenvalue weighted by atomic mass is 16.6. The Bertz CT molecular complexity index is 4060. The summed E-state index contributed by atoms with van der Waals surface area (Å²) in [5.74, 6) is 1.49. The molecule has 2 saturated carbocycles. The van der Waals surface area contributed by atoms with Crippen molar-refractivity contribution in [2.75, 3.05) is 26.3 Å². The predicted molar refractivity (Wildman–Crippen MR) is 408 cm³/mol. The number of rotatable bonds is 28. The summed E-state index contributed by atoms with van der Waals surface area (Å²) in [6.07, 6.45) is 23.2. The van der Waals surface area contributed by atoms with Crippen LogP contribution in [-0.2, 0) is 47.6 Å². The number of amides is 4. The number of carboxylic acid groups (broad SMARTS) is 1. The first-order chi connectivity index (χ1) is 49.8. The quantitative estimate of drug-likeness (QED) is 0.0286. The minimum Gasteiger partial charge on any atom is -0.494 e. The van der Waals surface area contributed by atoms with Crippen LogP contribution >= 0.6 is 0 Å². The summed E-state index contributed by atoms with van der Waals surface area (Å²) >= 11 is 0. The minimum atomic E-state index is -1.02. The maximum Gasteiger partial charge on any atom is 0.308 e. The van der Waals surface area contributed by atoms with Gasteiger partial charge in [0.05, 0.1) is 26.1 Å². The third kappa shape index (κ3) is 24.8. The molecule has 2 aliphatic carbocycles. The van der Waals surface area contributed by atoms with E-state index in [0.717, 1.165) is 105 Å². The summed E-state index contributed by atoms with van der Waals surface area (Å²) in [6.45, 7) is 19.6. The first-order valence-corrected chi connectivity index (χ1v) is 36.9. The van der Waals surface area contributed by atoms with E-state index in [-0.39, 0.29) is 67.3 Å². The van der Waals surface area contributed by atoms with E-state index in [2.05, 4.69) is 82.7 Å². The molecule has 5 N–H and O–H groups in total. The number of hydrogen-bond acceptors (Lipinski definition) is 13. The lowest BCUT2D eigenvalue weighted by atomic mass is 9.86. The van der Waals surface area contributed by atoms with Crippen LogP contribution < -0.4 is 30.7 Å². The van der Waals surface area contributed by atoms with Gasteiger partial charge in [-0.15, -0.1) is 0 Å². The second kappa shape index (κ2) is 37.4. The number of benzene rings is 6. The van der Waals surface area contributed by atoms with E-state index in [4.69, 9.17) is 19.3 Å². The summed E-state index contributed by atoms with van der Waals surface area (Å²) in [5.41, 5.74) is 9.49. The van der Waals surface area contributed by atoms with E-state index in [1.807, 2.05) is 134 Å². The molecule has 18 nitrogen and oxygen atoms in total. The highest BCUT2D eigenvalue weighted by Crippen LogP contribution is 2.31. The van der Waals surface area contributed by atoms with Crippen LogP contribution in [0.5, 0.6) is 11.5 Å². The summed E-state index contributed by atoms with van der Waals surface area (Å²) in [5, 5.41) is 20.2. The lowest BCUT2D eigenvalue weighted by Gasteiger charge is -2.21. The molecule has 0 saturated heterocycles. The molecule has 10 rings (SSSR count). The van der Waals surface area contributed by atoms with Crippen molar-refractivity contribution in [2.45, 2.75) is 194 Å². The Morgan fingerprint density at radius 2 is 0.779 bits per heavy atom. The molecule has 548 valence electrons. The smallest absolute Gasteiger partial charge is 0.308 e. The highest BCUT2D eigenvalue weighted by molar-refractivity contribution is 5.98. The number of nitrogens with zero attached hydrogens (tertiary/aromatic N) is 4. The summed E-state index contributed by atoms with van der Waals surface area (Å²) in [6, 6.07) is 44.2. The van der Waals surface area contributed by atoms with E-state index in [1.54, 1.807) is 57.4 Å². The number of aromatic nitrogens is 4. The van der Waals surface area contributed by atoms with Gasteiger partial charge in [-0.2, -0.15) is 0 Å². The van der Waals surface area contributed by atoms with Crippen LogP contribution in [0, 0.1) is 11.8 Å². The minimum absolute atomic E-state index is 0.0193. The Morgan fingerprint density at radius 1 is 0.433 bits per heavy atom. The zero-order valence-electron chi connectivity index (χ0n) is 62.0. The molecule has 2 fully saturated rings. The molecule has 0 bridgehead atoms. The largest absolute Gasteiger partial charge is 0.494 e. The number of carboxylic acids is 1. The first-order valence-electron chi connectivity index (χ1n) is 36.9. The molecule has 8 aromatic rings. The van der Waals surface area contributed by atoms with E-state index < -0.39 is 35.5 Å². The SMILES string of the molecule is CC(C)(C)OC(=O)CCNC(=O)[C@H](Cc1ccc(-c2ncc(-c3ccc(OCCC4CCCCC4)cc3)cn2)cc1)NC(=O)c1ccc(C(C)(C)C)cc1.CC(C)(C)c1ccc(C(=O)N[C@@H](Cc2ccc(-c3ncc(-c4ccc(OCCC5CCCCC5)cc4)cn3)cc2)C(=O)NCCC(=O)O)cc1. The van der Waals surface area contributed by atoms with Crippen molar-refractivity contribution in [2.24, 2.45) is 11.8 Å². The van der Waals surface area contributed by atoms with Crippen molar-refractivity contribution < 1.29 is 48.1 Å². The molecule has 4 amide bonds. The molecule has 2 heterocycles. The molecular weight excluding hydrogens is 1300 g/mol. The topological polar surface area (TPSA) is 250 Å². The van der Waals surface area contributed by atoms with Gasteiger partial charge in [0.15, 0.2) is 11.6 Å². The van der Waals surface area contributed by atoms with Gasteiger partial charge in [-0.3, -0.25) is 28.8 Å². The number of ether oxygens (including phenoxy) is 3. The Hall–Kier alpha value is -10.1. The van der Waals surface area contributed by atoms with Crippen LogP contribution in [0.15, 0.2) is 170 Å². The van der Waals surface area contributed by atoms with Gasteiger partial charge in [0.25, 0.3) is 11.8 Å². The second-order valence-corrected chi connectivity index (χ2v) is 30.5. The molecule has 6 aromatic carbocycles. The average Bonchev–Trinajstić information content (AvgIpc) is 0.856. The number of hydrogen-bond donors (Lipinski definition) is 5. The molecular formula is C86H104N8O10. The molecule has 104 heavy (non-hydrogen) atoms. The van der Waals surface area contributed by atoms with Gasteiger partial charge in [0, 0.05) is 84.1 Å². The van der Waals surface area contributed by atoms with Crippen molar-refractivity contribution in [3.8, 4) is 56.5 Å². The number of nitrogens with one attached hydrogen (secondary N) is 4. The lowest BCUT2D eigenvalue weighted by molar-refractivity contribution is -0.154. The Morgan fingerprint density at radius 3 is 1.12 bits per heavy atom. The maximum atomic E-state index is 13.4. The van der Waals surface area contributed by atoms with Crippen LogP contribution in [0.4, 0.5) is 0 Å². The monoisotopic (exact) mass is 1410 g/mol. The van der Waals surface area contributed by atoms with Crippen molar-refractivity contribution in [1.29, 1.82) is 0 Å². The molecule has 2 aliphatic rings. The van der Waals surface area contributed by atoms with Crippen LogP contribution in [0.25, 0.3) is 45.0 Å². The van der Waals surface area contributed by atoms with E-state index in [9.17, 15) is 28.8 Å². The average molecular weight is 1410 g/mol. The van der Waals surface area contributed by atoms with E-state index >= 15 is 0 Å². The van der Waals surface area contributed by atoms with Crippen LogP contribution in [-0.4, -0.2) is 105 Å². The summed E-state index contributed by atoms with van der Waals surface area (Å²) in [4.78, 5) is 94.7. The van der Waals surface area contributed by atoms with Gasteiger partial charge in [0.2, 0.25) is 11.8 Å². The number of aliphatic carboxylic acids is 1. The Balaban J connectivity index is 0.000000242. The first kappa shape index (κ1) is 78.0. The molecule has 2 aromatic heterocycles. The Kier molecular flexibility index (Phi) is 28.0. The fourth-order valence-corrected chi connectivity index (χ4v) is 12.8. The molecule has 2 atom stereocenters. The van der Waals surface area contributed by atoms with Crippen molar-refractivity contribution in [3.05, 3.63) is 204 Å². The molecule has 0 radical (unpaired) electrons. The van der Waals surface area contributed by atoms with Crippen LogP contribution in [0.1, 0.15) is 195 Å². The van der Waals surface area contributed by atoms with Gasteiger partial charge in [-0.1, -0.05) is 203 Å². The zero-order chi connectivity index (χ0) is 74.2. The standard InChI is InChI=1S/C45H56N4O5.C41H48N4O5/c1-44(2,3)37-20-16-35(17-21-37)42(51)49-39(43(52)46-26-24-40(50)54-45(4,5)6)28-32-12-14-34(15-13-32)41-47-29-36(30-48-41)33-18-22-38(23-19-33)53-27-25-31-10-8-7-9-11-31;1-41(2,3)34-17-13-32(14-18-34)39(48)45-36(40(49)42-23-21-37(46)47)25-29-9-11-31(12-10-29)38-43-26-33(27-44-38)30-15-19-35(20-16-30)50-24-22-28-7-5-4-6-8-28/h12-23,29-31,39H,7-11,24-28H2,1-6H3,(H,46,52)(H,49,51);9-20,26-28,36H,4-8,21-25H2,1-3H3,(H,42,49)(H,45,48)(H,46,47)/t39-;36-/m00/s1. The third-order valence-corrected chi connectivity index (χ3v) is 19.0. The van der Waals surface area contributed by atoms with Gasteiger partial charge in [0.1, 0.15) is 29.2 Å². The zero-order valence-corrected chi connectivity index (χ0v) is 62.0. The molecule has 0 unspecified atom stereocenters. The molecule has 0 spiro atoms. The van der Waals surface area contributed by atoms with Crippen LogP contribution in [0.3, 0.4) is 0 Å². The summed E-state index contributed by atoms with van der Waals surface area (Å²) < 4.78 is 17.4. The van der Waals surface area contributed by atoms with Crippen molar-refractivity contribution in [1.82, 2.24) is 41.2 Å². The highest BCUT2D eigenvalue weighted by Gasteiger charge is 2.27. The predicted octanol–water partition coefficient (Wildman–Crippen LogP) is 16.0. The third-order valence-electron chi connectivity index (χ3n) is 19.0. The molecule has 18 heteroatoms. The summed E-state index contributed by atoms with van der Waals surface area (Å²) in [7, 11) is 0. The Labute approximate surface area is 613 Å². The fourth-order valence-electron chi connectivity index (χ4n) is 12.8. The van der Waals surface area contributed by atoms with Crippen molar-refractivity contribution in [3.63, 3.8) is 0 Å². The number of esters is 1. The number of carbonyl (C=O) groups is 6. The normalized spacial score (nSPS) is 14.1. The van der Waals surface area contributed by atoms with Crippen molar-refractivity contribution >= 4 is 35.6 Å². The lowest BCUT2D eigenvalue weighted by Crippen LogP contribution is -2.48. The van der Waals surface area contributed by atoms with Gasteiger partial charge in [-0.05, 0) is 138 Å². The van der Waals surface area contributed by atoms with Gasteiger partial charge >= 0.3 is 11.9 Å².